The number of aromatic nitrogens is 1. The highest BCUT2D eigenvalue weighted by Gasteiger charge is 2.03. The van der Waals surface area contributed by atoms with Crippen molar-refractivity contribution in [2.24, 2.45) is 0 Å². The van der Waals surface area contributed by atoms with E-state index in [9.17, 15) is 4.39 Å². The first kappa shape index (κ1) is 15.6. The molecule has 0 unspecified atom stereocenters. The summed E-state index contributed by atoms with van der Waals surface area (Å²) in [4.78, 5) is 6.65. The zero-order valence-electron chi connectivity index (χ0n) is 12.6. The van der Waals surface area contributed by atoms with Gasteiger partial charge in [0, 0.05) is 25.8 Å². The number of hydrogen-bond acceptors (Lipinski definition) is 3. The van der Waals surface area contributed by atoms with E-state index in [1.54, 1.807) is 0 Å². The Kier molecular flexibility index (Phi) is 5.84. The molecule has 2 aromatic rings. The second-order valence-electron chi connectivity index (χ2n) is 5.24. The largest absolute Gasteiger partial charge is 0.313 e. The van der Waals surface area contributed by atoms with Crippen LogP contribution in [-0.4, -0.2) is 23.5 Å². The Bertz CT molecular complexity index is 537. The smallest absolute Gasteiger partial charge is 0.123 e. The van der Waals surface area contributed by atoms with Gasteiger partial charge in [0.25, 0.3) is 0 Å². The van der Waals surface area contributed by atoms with Crippen LogP contribution in [-0.2, 0) is 19.6 Å². The van der Waals surface area contributed by atoms with Gasteiger partial charge >= 0.3 is 0 Å². The summed E-state index contributed by atoms with van der Waals surface area (Å²) in [6, 6.07) is 10.8. The lowest BCUT2D eigenvalue weighted by molar-refractivity contribution is 0.315. The molecule has 0 fully saturated rings. The van der Waals surface area contributed by atoms with Gasteiger partial charge in [-0.05, 0) is 42.9 Å². The van der Waals surface area contributed by atoms with E-state index in [1.165, 1.54) is 17.7 Å². The van der Waals surface area contributed by atoms with Gasteiger partial charge in [0.2, 0.25) is 0 Å². The van der Waals surface area contributed by atoms with E-state index in [0.717, 1.165) is 37.4 Å². The predicted molar refractivity (Wildman–Crippen MR) is 83.2 cm³/mol. The molecule has 0 saturated carbocycles. The standard InChI is InChI=1S/C17H22FN3/c1-3-19-10-15-6-9-17(20-11-15)13-21(2)12-14-4-7-16(18)8-5-14/h4-9,11,19H,3,10,12-13H2,1-2H3. The van der Waals surface area contributed by atoms with Crippen molar-refractivity contribution >= 4 is 0 Å². The Morgan fingerprint density at radius 3 is 2.38 bits per heavy atom. The number of hydrogen-bond donors (Lipinski definition) is 1. The number of benzene rings is 1. The van der Waals surface area contributed by atoms with Crippen molar-refractivity contribution in [3.8, 4) is 0 Å². The Morgan fingerprint density at radius 1 is 1.05 bits per heavy atom. The molecule has 2 rings (SSSR count). The molecule has 0 bridgehead atoms. The van der Waals surface area contributed by atoms with Crippen LogP contribution in [0.1, 0.15) is 23.7 Å². The van der Waals surface area contributed by atoms with E-state index < -0.39 is 0 Å². The number of rotatable bonds is 7. The molecular weight excluding hydrogens is 265 g/mol. The summed E-state index contributed by atoms with van der Waals surface area (Å²) in [5.41, 5.74) is 3.34. The highest BCUT2D eigenvalue weighted by Crippen LogP contribution is 2.08. The van der Waals surface area contributed by atoms with Gasteiger partial charge in [-0.3, -0.25) is 9.88 Å². The molecule has 0 saturated heterocycles. The Morgan fingerprint density at radius 2 is 1.76 bits per heavy atom. The first-order valence-electron chi connectivity index (χ1n) is 7.25. The summed E-state index contributed by atoms with van der Waals surface area (Å²) < 4.78 is 12.9. The van der Waals surface area contributed by atoms with Crippen molar-refractivity contribution in [2.45, 2.75) is 26.6 Å². The molecule has 1 heterocycles. The van der Waals surface area contributed by atoms with Crippen molar-refractivity contribution in [3.63, 3.8) is 0 Å². The van der Waals surface area contributed by atoms with Gasteiger partial charge in [-0.2, -0.15) is 0 Å². The van der Waals surface area contributed by atoms with Crippen LogP contribution in [0, 0.1) is 5.82 Å². The molecule has 4 heteroatoms. The highest BCUT2D eigenvalue weighted by atomic mass is 19.1. The summed E-state index contributed by atoms with van der Waals surface area (Å²) in [5, 5.41) is 3.28. The molecule has 0 atom stereocenters. The summed E-state index contributed by atoms with van der Waals surface area (Å²) >= 11 is 0. The molecule has 1 aromatic heterocycles. The van der Waals surface area contributed by atoms with E-state index in [4.69, 9.17) is 0 Å². The van der Waals surface area contributed by atoms with E-state index in [1.807, 2.05) is 25.4 Å². The summed E-state index contributed by atoms with van der Waals surface area (Å²) in [5.74, 6) is -0.195. The van der Waals surface area contributed by atoms with Crippen LogP contribution in [0.25, 0.3) is 0 Å². The van der Waals surface area contributed by atoms with E-state index in [-0.39, 0.29) is 5.82 Å². The minimum Gasteiger partial charge on any atom is -0.313 e. The average molecular weight is 287 g/mol. The first-order chi connectivity index (χ1) is 10.2. The predicted octanol–water partition coefficient (Wildman–Crippen LogP) is 2.96. The molecule has 3 nitrogen and oxygen atoms in total. The maximum Gasteiger partial charge on any atom is 0.123 e. The van der Waals surface area contributed by atoms with Crippen LogP contribution in [0.5, 0.6) is 0 Å². The Balaban J connectivity index is 1.87. The van der Waals surface area contributed by atoms with Crippen LogP contribution < -0.4 is 5.32 Å². The van der Waals surface area contributed by atoms with E-state index in [2.05, 4.69) is 34.3 Å². The van der Waals surface area contributed by atoms with Crippen molar-refractivity contribution in [1.29, 1.82) is 0 Å². The fraction of sp³-hybridized carbons (Fsp3) is 0.353. The molecule has 1 aromatic carbocycles. The SMILES string of the molecule is CCNCc1ccc(CN(C)Cc2ccc(F)cc2)nc1. The van der Waals surface area contributed by atoms with Gasteiger partial charge in [-0.15, -0.1) is 0 Å². The molecule has 0 aliphatic heterocycles. The molecule has 0 aliphatic carbocycles. The summed E-state index contributed by atoms with van der Waals surface area (Å²) in [6.45, 7) is 5.46. The van der Waals surface area contributed by atoms with Crippen molar-refractivity contribution < 1.29 is 4.39 Å². The quantitative estimate of drug-likeness (QED) is 0.848. The molecule has 1 N–H and O–H groups in total. The lowest BCUT2D eigenvalue weighted by atomic mass is 10.2. The molecule has 0 radical (unpaired) electrons. The maximum absolute atomic E-state index is 12.9. The third-order valence-electron chi connectivity index (χ3n) is 3.26. The van der Waals surface area contributed by atoms with Crippen molar-refractivity contribution in [1.82, 2.24) is 15.2 Å². The van der Waals surface area contributed by atoms with Gasteiger partial charge in [0.15, 0.2) is 0 Å². The molecule has 0 aliphatic rings. The van der Waals surface area contributed by atoms with Crippen LogP contribution in [0.15, 0.2) is 42.6 Å². The second-order valence-corrected chi connectivity index (χ2v) is 5.24. The third-order valence-corrected chi connectivity index (χ3v) is 3.26. The molecule has 0 amide bonds. The van der Waals surface area contributed by atoms with Gasteiger partial charge in [0.05, 0.1) is 5.69 Å². The zero-order valence-corrected chi connectivity index (χ0v) is 12.6. The Hall–Kier alpha value is -1.78. The monoisotopic (exact) mass is 287 g/mol. The third kappa shape index (κ3) is 5.25. The van der Waals surface area contributed by atoms with E-state index in [0.29, 0.717) is 0 Å². The fourth-order valence-corrected chi connectivity index (χ4v) is 2.16. The number of pyridine rings is 1. The lowest BCUT2D eigenvalue weighted by Crippen LogP contribution is -2.18. The number of nitrogens with one attached hydrogen (secondary N) is 1. The van der Waals surface area contributed by atoms with Crippen LogP contribution in [0.2, 0.25) is 0 Å². The second kappa shape index (κ2) is 7.86. The maximum atomic E-state index is 12.9. The van der Waals surface area contributed by atoms with Crippen molar-refractivity contribution in [3.05, 3.63) is 65.2 Å². The zero-order chi connectivity index (χ0) is 15.1. The molecule has 21 heavy (non-hydrogen) atoms. The van der Waals surface area contributed by atoms with Crippen LogP contribution in [0.4, 0.5) is 4.39 Å². The molecule has 0 spiro atoms. The summed E-state index contributed by atoms with van der Waals surface area (Å²) in [6.07, 6.45) is 1.92. The normalized spacial score (nSPS) is 11.0. The van der Waals surface area contributed by atoms with E-state index >= 15 is 0 Å². The van der Waals surface area contributed by atoms with Crippen LogP contribution >= 0.6 is 0 Å². The number of nitrogens with zero attached hydrogens (tertiary/aromatic N) is 2. The van der Waals surface area contributed by atoms with Gasteiger partial charge in [-0.25, -0.2) is 4.39 Å². The minimum absolute atomic E-state index is 0.195. The van der Waals surface area contributed by atoms with Crippen molar-refractivity contribution in [2.75, 3.05) is 13.6 Å². The van der Waals surface area contributed by atoms with Gasteiger partial charge in [0.1, 0.15) is 5.82 Å². The minimum atomic E-state index is -0.195. The molecule has 112 valence electrons. The highest BCUT2D eigenvalue weighted by molar-refractivity contribution is 5.17. The fourth-order valence-electron chi connectivity index (χ4n) is 2.16. The lowest BCUT2D eigenvalue weighted by Gasteiger charge is -2.16. The Labute approximate surface area is 125 Å². The topological polar surface area (TPSA) is 28.2 Å². The number of halogens is 1. The van der Waals surface area contributed by atoms with Crippen LogP contribution in [0.3, 0.4) is 0 Å². The summed E-state index contributed by atoms with van der Waals surface area (Å²) in [7, 11) is 2.04. The molecular formula is C17H22FN3. The van der Waals surface area contributed by atoms with Gasteiger partial charge in [-0.1, -0.05) is 25.1 Å². The first-order valence-corrected chi connectivity index (χ1v) is 7.25. The average Bonchev–Trinajstić information content (AvgIpc) is 2.49. The van der Waals surface area contributed by atoms with Gasteiger partial charge < -0.3 is 5.32 Å².